The Kier molecular flexibility index (Phi) is 6.26. The van der Waals surface area contributed by atoms with Crippen molar-refractivity contribution in [3.05, 3.63) is 70.7 Å². The van der Waals surface area contributed by atoms with Gasteiger partial charge >= 0.3 is 0 Å². The topological polar surface area (TPSA) is 53.1 Å². The first kappa shape index (κ1) is 19.0. The van der Waals surface area contributed by atoms with Gasteiger partial charge in [0.1, 0.15) is 11.5 Å². The van der Waals surface area contributed by atoms with Crippen LogP contribution in [0.1, 0.15) is 16.4 Å². The van der Waals surface area contributed by atoms with Crippen molar-refractivity contribution < 1.29 is 13.6 Å². The van der Waals surface area contributed by atoms with E-state index in [0.29, 0.717) is 19.6 Å². The van der Waals surface area contributed by atoms with Crippen molar-refractivity contribution in [1.29, 1.82) is 0 Å². The first-order chi connectivity index (χ1) is 13.8. The molecule has 0 aliphatic carbocycles. The zero-order chi connectivity index (χ0) is 19.2. The molecule has 0 radical (unpaired) electrons. The van der Waals surface area contributed by atoms with Crippen LogP contribution in [0.25, 0.3) is 0 Å². The summed E-state index contributed by atoms with van der Waals surface area (Å²) in [5.74, 6) is 1.86. The lowest BCUT2D eigenvalue weighted by molar-refractivity contribution is -0.134. The van der Waals surface area contributed by atoms with Crippen molar-refractivity contribution >= 4 is 17.2 Å². The van der Waals surface area contributed by atoms with E-state index in [1.807, 2.05) is 29.2 Å². The molecule has 3 aromatic rings. The summed E-state index contributed by atoms with van der Waals surface area (Å²) in [6, 6.07) is 11.9. The minimum absolute atomic E-state index is 0.161. The maximum Gasteiger partial charge on any atom is 0.236 e. The summed E-state index contributed by atoms with van der Waals surface area (Å²) in [4.78, 5) is 20.7. The molecule has 0 atom stereocenters. The van der Waals surface area contributed by atoms with E-state index in [4.69, 9.17) is 8.83 Å². The van der Waals surface area contributed by atoms with Crippen LogP contribution in [0, 0.1) is 0 Å². The zero-order valence-electron chi connectivity index (χ0n) is 15.8. The smallest absolute Gasteiger partial charge is 0.236 e. The first-order valence-corrected chi connectivity index (χ1v) is 10.4. The minimum atomic E-state index is 0.161. The van der Waals surface area contributed by atoms with Crippen molar-refractivity contribution in [2.45, 2.75) is 19.6 Å². The van der Waals surface area contributed by atoms with E-state index in [1.165, 1.54) is 4.88 Å². The number of piperazine rings is 1. The van der Waals surface area contributed by atoms with E-state index in [9.17, 15) is 4.79 Å². The molecule has 1 aliphatic heterocycles. The highest BCUT2D eigenvalue weighted by molar-refractivity contribution is 7.09. The van der Waals surface area contributed by atoms with E-state index >= 15 is 0 Å². The highest BCUT2D eigenvalue weighted by Gasteiger charge is 2.23. The lowest BCUT2D eigenvalue weighted by Crippen LogP contribution is -2.50. The predicted molar refractivity (Wildman–Crippen MR) is 108 cm³/mol. The molecule has 0 saturated carbocycles. The van der Waals surface area contributed by atoms with Gasteiger partial charge in [0.25, 0.3) is 0 Å². The highest BCUT2D eigenvalue weighted by atomic mass is 32.1. The van der Waals surface area contributed by atoms with E-state index in [2.05, 4.69) is 27.3 Å². The summed E-state index contributed by atoms with van der Waals surface area (Å²) in [6.45, 7) is 5.88. The summed E-state index contributed by atoms with van der Waals surface area (Å²) in [6.07, 6.45) is 3.32. The maximum atomic E-state index is 12.9. The molecule has 4 rings (SSSR count). The lowest BCUT2D eigenvalue weighted by atomic mass is 10.2. The summed E-state index contributed by atoms with van der Waals surface area (Å²) in [5.41, 5.74) is 0. The molecule has 0 spiro atoms. The largest absolute Gasteiger partial charge is 0.468 e. The van der Waals surface area contributed by atoms with Gasteiger partial charge in [0.2, 0.25) is 5.91 Å². The fraction of sp³-hybridized carbons (Fsp3) is 0.381. The van der Waals surface area contributed by atoms with Crippen molar-refractivity contribution in [3.63, 3.8) is 0 Å². The second-order valence-corrected chi connectivity index (χ2v) is 8.07. The molecule has 1 amide bonds. The molecule has 0 unspecified atom stereocenters. The SMILES string of the molecule is O=C(CN(Cc1ccco1)Cc1ccco1)N1CCN(Cc2cccs2)CC1. The Balaban J connectivity index is 1.31. The third-order valence-corrected chi connectivity index (χ3v) is 5.82. The normalized spacial score (nSPS) is 15.4. The summed E-state index contributed by atoms with van der Waals surface area (Å²) >= 11 is 1.79. The van der Waals surface area contributed by atoms with E-state index in [1.54, 1.807) is 23.9 Å². The third-order valence-electron chi connectivity index (χ3n) is 4.96. The number of thiophene rings is 1. The second kappa shape index (κ2) is 9.23. The standard InChI is InChI=1S/C21H25N3O3S/c25-21(24-9-7-22(8-10-24)16-20-6-3-13-28-20)17-23(14-18-4-1-11-26-18)15-19-5-2-12-27-19/h1-6,11-13H,7-10,14-17H2. The van der Waals surface area contributed by atoms with Gasteiger partial charge in [-0.1, -0.05) is 6.07 Å². The molecule has 4 heterocycles. The van der Waals surface area contributed by atoms with Crippen LogP contribution in [0.15, 0.2) is 63.1 Å². The molecule has 148 valence electrons. The zero-order valence-corrected chi connectivity index (χ0v) is 16.6. The second-order valence-electron chi connectivity index (χ2n) is 7.04. The maximum absolute atomic E-state index is 12.9. The monoisotopic (exact) mass is 399 g/mol. The summed E-state index contributed by atoms with van der Waals surface area (Å²) in [5, 5.41) is 2.11. The predicted octanol–water partition coefficient (Wildman–Crippen LogP) is 3.28. The summed E-state index contributed by atoms with van der Waals surface area (Å²) < 4.78 is 10.9. The van der Waals surface area contributed by atoms with E-state index in [0.717, 1.165) is 44.2 Å². The van der Waals surface area contributed by atoms with Crippen LogP contribution in [-0.2, 0) is 24.4 Å². The molecule has 1 aliphatic rings. The van der Waals surface area contributed by atoms with E-state index < -0.39 is 0 Å². The Morgan fingerprint density at radius 1 is 0.964 bits per heavy atom. The summed E-state index contributed by atoms with van der Waals surface area (Å²) in [7, 11) is 0. The van der Waals surface area contributed by atoms with Crippen LogP contribution in [0.5, 0.6) is 0 Å². The van der Waals surface area contributed by atoms with Crippen molar-refractivity contribution in [3.8, 4) is 0 Å². The fourth-order valence-corrected chi connectivity index (χ4v) is 4.23. The lowest BCUT2D eigenvalue weighted by Gasteiger charge is -2.35. The number of carbonyl (C=O) groups excluding carboxylic acids is 1. The number of hydrogen-bond donors (Lipinski definition) is 0. The molecular formula is C21H25N3O3S. The van der Waals surface area contributed by atoms with Crippen LogP contribution >= 0.6 is 11.3 Å². The number of nitrogens with zero attached hydrogens (tertiary/aromatic N) is 3. The van der Waals surface area contributed by atoms with Gasteiger partial charge in [-0.15, -0.1) is 11.3 Å². The molecular weight excluding hydrogens is 374 g/mol. The molecule has 1 saturated heterocycles. The molecule has 6 nitrogen and oxygen atoms in total. The van der Waals surface area contributed by atoms with Gasteiger partial charge < -0.3 is 13.7 Å². The van der Waals surface area contributed by atoms with Crippen LogP contribution < -0.4 is 0 Å². The average molecular weight is 400 g/mol. The minimum Gasteiger partial charge on any atom is -0.468 e. The molecule has 0 N–H and O–H groups in total. The molecule has 0 bridgehead atoms. The van der Waals surface area contributed by atoms with Gasteiger partial charge in [-0.25, -0.2) is 0 Å². The Morgan fingerprint density at radius 2 is 1.64 bits per heavy atom. The van der Waals surface area contributed by atoms with Crippen molar-refractivity contribution in [2.75, 3.05) is 32.7 Å². The number of rotatable bonds is 8. The Hall–Kier alpha value is -2.35. The molecule has 3 aromatic heterocycles. The van der Waals surface area contributed by atoms with Crippen LogP contribution in [0.2, 0.25) is 0 Å². The van der Waals surface area contributed by atoms with Gasteiger partial charge in [-0.3, -0.25) is 14.6 Å². The molecule has 7 heteroatoms. The van der Waals surface area contributed by atoms with Gasteiger partial charge in [-0.2, -0.15) is 0 Å². The van der Waals surface area contributed by atoms with Crippen LogP contribution in [-0.4, -0.2) is 53.3 Å². The highest BCUT2D eigenvalue weighted by Crippen LogP contribution is 2.15. The number of carbonyl (C=O) groups is 1. The number of amides is 1. The average Bonchev–Trinajstić information content (AvgIpc) is 3.46. The van der Waals surface area contributed by atoms with Gasteiger partial charge in [-0.05, 0) is 35.7 Å². The van der Waals surface area contributed by atoms with Crippen LogP contribution in [0.3, 0.4) is 0 Å². The van der Waals surface area contributed by atoms with E-state index in [-0.39, 0.29) is 5.91 Å². The van der Waals surface area contributed by atoms with Crippen molar-refractivity contribution in [2.24, 2.45) is 0 Å². The Bertz CT molecular complexity index is 786. The van der Waals surface area contributed by atoms with Crippen molar-refractivity contribution in [1.82, 2.24) is 14.7 Å². The third kappa shape index (κ3) is 5.13. The Labute approximate surface area is 168 Å². The fourth-order valence-electron chi connectivity index (χ4n) is 3.48. The number of hydrogen-bond acceptors (Lipinski definition) is 6. The first-order valence-electron chi connectivity index (χ1n) is 9.56. The quantitative estimate of drug-likeness (QED) is 0.582. The van der Waals surface area contributed by atoms with Crippen LogP contribution in [0.4, 0.5) is 0 Å². The molecule has 28 heavy (non-hydrogen) atoms. The van der Waals surface area contributed by atoms with Gasteiger partial charge in [0.05, 0.1) is 32.2 Å². The number of furan rings is 2. The van der Waals surface area contributed by atoms with Gasteiger partial charge in [0, 0.05) is 37.6 Å². The molecule has 1 fully saturated rings. The Morgan fingerprint density at radius 3 is 2.18 bits per heavy atom. The molecule has 0 aromatic carbocycles. The van der Waals surface area contributed by atoms with Gasteiger partial charge in [0.15, 0.2) is 0 Å².